The van der Waals surface area contributed by atoms with Crippen molar-refractivity contribution in [3.8, 4) is 0 Å². The van der Waals surface area contributed by atoms with Gasteiger partial charge in [-0.05, 0) is 24.0 Å². The van der Waals surface area contributed by atoms with Crippen molar-refractivity contribution in [2.45, 2.75) is 43.7 Å². The van der Waals surface area contributed by atoms with Crippen molar-refractivity contribution in [2.75, 3.05) is 0 Å². The molecule has 1 fully saturated rings. The summed E-state index contributed by atoms with van der Waals surface area (Å²) in [5.41, 5.74) is 1.91. The van der Waals surface area contributed by atoms with Crippen LogP contribution < -0.4 is 0 Å². The van der Waals surface area contributed by atoms with Crippen LogP contribution in [0.2, 0.25) is 0 Å². The number of rotatable bonds is 0. The minimum atomic E-state index is -0.408. The maximum Gasteiger partial charge on any atom is 0.105 e. The molecule has 84 valence electrons. The predicted molar refractivity (Wildman–Crippen MR) is 64.8 cm³/mol. The molecule has 1 aromatic rings. The minimum absolute atomic E-state index is 0.216. The second-order valence-corrected chi connectivity index (χ2v) is 4.95. The zero-order chi connectivity index (χ0) is 11.0. The smallest absolute Gasteiger partial charge is 0.105 e. The van der Waals surface area contributed by atoms with Crippen molar-refractivity contribution in [1.29, 1.82) is 0 Å². The molecular formula is C14H17NO. The fourth-order valence-corrected chi connectivity index (χ4v) is 3.00. The molecule has 0 bridgehead atoms. The molecule has 1 atom stereocenters. The Labute approximate surface area is 96.0 Å². The Morgan fingerprint density at radius 2 is 1.88 bits per heavy atom. The Balaban J connectivity index is 2.02. The van der Waals surface area contributed by atoms with Gasteiger partial charge in [0.05, 0.1) is 5.54 Å². The van der Waals surface area contributed by atoms with Crippen LogP contribution in [-0.2, 0) is 0 Å². The SMILES string of the molecule is OC1c2ccccc2C=NC12CCCCC2. The van der Waals surface area contributed by atoms with Gasteiger partial charge < -0.3 is 5.11 Å². The van der Waals surface area contributed by atoms with Gasteiger partial charge in [-0.15, -0.1) is 0 Å². The number of aliphatic hydroxyl groups is 1. The number of hydrogen-bond acceptors (Lipinski definition) is 2. The molecule has 0 aromatic heterocycles. The highest BCUT2D eigenvalue weighted by Crippen LogP contribution is 2.44. The van der Waals surface area contributed by atoms with Gasteiger partial charge in [0, 0.05) is 6.21 Å². The highest BCUT2D eigenvalue weighted by atomic mass is 16.3. The normalized spacial score (nSPS) is 26.7. The molecule has 2 nitrogen and oxygen atoms in total. The number of aliphatic imine (C=N–C) groups is 1. The van der Waals surface area contributed by atoms with Crippen LogP contribution in [0.25, 0.3) is 0 Å². The monoisotopic (exact) mass is 215 g/mol. The average Bonchev–Trinajstić information content (AvgIpc) is 2.36. The summed E-state index contributed by atoms with van der Waals surface area (Å²) in [6.07, 6.45) is 7.26. The largest absolute Gasteiger partial charge is 0.386 e. The van der Waals surface area contributed by atoms with Crippen LogP contribution in [0.1, 0.15) is 49.3 Å². The lowest BCUT2D eigenvalue weighted by molar-refractivity contribution is 0.0584. The summed E-state index contributed by atoms with van der Waals surface area (Å²) in [4.78, 5) is 4.67. The Bertz CT molecular complexity index is 418. The molecule has 1 saturated carbocycles. The van der Waals surface area contributed by atoms with Crippen LogP contribution in [0.4, 0.5) is 0 Å². The topological polar surface area (TPSA) is 32.6 Å². The molecule has 2 aliphatic rings. The maximum atomic E-state index is 10.5. The first-order chi connectivity index (χ1) is 7.82. The molecule has 0 saturated heterocycles. The molecule has 1 spiro atoms. The summed E-state index contributed by atoms with van der Waals surface area (Å²) >= 11 is 0. The average molecular weight is 215 g/mol. The summed E-state index contributed by atoms with van der Waals surface area (Å²) in [5.74, 6) is 0. The van der Waals surface area contributed by atoms with Crippen LogP contribution in [0.5, 0.6) is 0 Å². The van der Waals surface area contributed by atoms with E-state index in [0.29, 0.717) is 0 Å². The molecule has 1 unspecified atom stereocenters. The van der Waals surface area contributed by atoms with Crippen LogP contribution in [-0.4, -0.2) is 16.9 Å². The molecule has 1 N–H and O–H groups in total. The molecule has 0 radical (unpaired) electrons. The first-order valence-electron chi connectivity index (χ1n) is 6.14. The van der Waals surface area contributed by atoms with Crippen LogP contribution in [0.3, 0.4) is 0 Å². The van der Waals surface area contributed by atoms with E-state index >= 15 is 0 Å². The highest BCUT2D eigenvalue weighted by molar-refractivity contribution is 5.84. The van der Waals surface area contributed by atoms with Crippen LogP contribution in [0.15, 0.2) is 29.3 Å². The van der Waals surface area contributed by atoms with Crippen molar-refractivity contribution in [1.82, 2.24) is 0 Å². The van der Waals surface area contributed by atoms with E-state index in [0.717, 1.165) is 24.0 Å². The Morgan fingerprint density at radius 1 is 1.12 bits per heavy atom. The van der Waals surface area contributed by atoms with Gasteiger partial charge >= 0.3 is 0 Å². The third-order valence-corrected chi connectivity index (χ3v) is 3.98. The minimum Gasteiger partial charge on any atom is -0.386 e. The second kappa shape index (κ2) is 3.70. The van der Waals surface area contributed by atoms with Crippen molar-refractivity contribution in [3.63, 3.8) is 0 Å². The number of nitrogens with zero attached hydrogens (tertiary/aromatic N) is 1. The van der Waals surface area contributed by atoms with Crippen LogP contribution >= 0.6 is 0 Å². The van der Waals surface area contributed by atoms with Gasteiger partial charge in [0.2, 0.25) is 0 Å². The highest BCUT2D eigenvalue weighted by Gasteiger charge is 2.41. The Morgan fingerprint density at radius 3 is 2.69 bits per heavy atom. The molecule has 1 aliphatic carbocycles. The fraction of sp³-hybridized carbons (Fsp3) is 0.500. The van der Waals surface area contributed by atoms with Crippen molar-refractivity contribution in [2.24, 2.45) is 4.99 Å². The zero-order valence-corrected chi connectivity index (χ0v) is 9.39. The van der Waals surface area contributed by atoms with Gasteiger partial charge in [0.1, 0.15) is 6.10 Å². The number of fused-ring (bicyclic) bond motifs is 1. The van der Waals surface area contributed by atoms with E-state index in [1.54, 1.807) is 0 Å². The lowest BCUT2D eigenvalue weighted by Gasteiger charge is -2.40. The van der Waals surface area contributed by atoms with E-state index < -0.39 is 6.10 Å². The van der Waals surface area contributed by atoms with Gasteiger partial charge in [-0.25, -0.2) is 0 Å². The molecule has 0 amide bonds. The predicted octanol–water partition coefficient (Wildman–Crippen LogP) is 2.86. The number of benzene rings is 1. The quantitative estimate of drug-likeness (QED) is 0.709. The van der Waals surface area contributed by atoms with Gasteiger partial charge in [-0.2, -0.15) is 0 Å². The van der Waals surface area contributed by atoms with E-state index in [2.05, 4.69) is 4.99 Å². The standard InChI is InChI=1S/C14H17NO/c16-13-12-7-3-2-6-11(12)10-15-14(13)8-4-1-5-9-14/h2-3,6-7,10,13,16H,1,4-5,8-9H2. The Hall–Kier alpha value is -1.15. The second-order valence-electron chi connectivity index (χ2n) is 4.95. The lowest BCUT2D eigenvalue weighted by Crippen LogP contribution is -2.39. The van der Waals surface area contributed by atoms with E-state index in [-0.39, 0.29) is 5.54 Å². The third kappa shape index (κ3) is 1.40. The summed E-state index contributed by atoms with van der Waals surface area (Å²) < 4.78 is 0. The number of aliphatic hydroxyl groups excluding tert-OH is 1. The molecule has 1 heterocycles. The van der Waals surface area contributed by atoms with Crippen molar-refractivity contribution < 1.29 is 5.11 Å². The van der Waals surface area contributed by atoms with E-state index in [9.17, 15) is 5.11 Å². The molecule has 1 aromatic carbocycles. The van der Waals surface area contributed by atoms with Gasteiger partial charge in [-0.3, -0.25) is 4.99 Å². The molecule has 2 heteroatoms. The Kier molecular flexibility index (Phi) is 2.32. The number of hydrogen-bond donors (Lipinski definition) is 1. The third-order valence-electron chi connectivity index (χ3n) is 3.98. The first kappa shape index (κ1) is 10.0. The molecule has 3 rings (SSSR count). The van der Waals surface area contributed by atoms with Crippen molar-refractivity contribution >= 4 is 6.21 Å². The van der Waals surface area contributed by atoms with E-state index in [1.165, 1.54) is 19.3 Å². The summed E-state index contributed by atoms with van der Waals surface area (Å²) in [6, 6.07) is 8.05. The van der Waals surface area contributed by atoms with E-state index in [4.69, 9.17) is 0 Å². The molecule has 16 heavy (non-hydrogen) atoms. The molecule has 1 aliphatic heterocycles. The fourth-order valence-electron chi connectivity index (χ4n) is 3.00. The summed E-state index contributed by atoms with van der Waals surface area (Å²) in [6.45, 7) is 0. The van der Waals surface area contributed by atoms with Crippen molar-refractivity contribution in [3.05, 3.63) is 35.4 Å². The van der Waals surface area contributed by atoms with Gasteiger partial charge in [-0.1, -0.05) is 43.5 Å². The van der Waals surface area contributed by atoms with E-state index in [1.807, 2.05) is 30.5 Å². The van der Waals surface area contributed by atoms with Gasteiger partial charge in [0.15, 0.2) is 0 Å². The first-order valence-corrected chi connectivity index (χ1v) is 6.14. The van der Waals surface area contributed by atoms with Crippen LogP contribution in [0, 0.1) is 0 Å². The maximum absolute atomic E-state index is 10.5. The summed E-state index contributed by atoms with van der Waals surface area (Å²) in [5, 5.41) is 10.5. The summed E-state index contributed by atoms with van der Waals surface area (Å²) in [7, 11) is 0. The van der Waals surface area contributed by atoms with Gasteiger partial charge in [0.25, 0.3) is 0 Å². The lowest BCUT2D eigenvalue weighted by atomic mass is 9.74. The zero-order valence-electron chi connectivity index (χ0n) is 9.39. The molecular weight excluding hydrogens is 198 g/mol.